The molecule has 2 heterocycles. The van der Waals surface area contributed by atoms with E-state index in [1.807, 2.05) is 4.90 Å². The Bertz CT molecular complexity index is 1150. The Morgan fingerprint density at radius 1 is 1.06 bits per heavy atom. The largest absolute Gasteiger partial charge is 0.350 e. The first-order valence-electron chi connectivity index (χ1n) is 10.5. The Balaban J connectivity index is 1.58. The molecule has 4 rings (SSSR count). The van der Waals surface area contributed by atoms with E-state index in [1.165, 1.54) is 0 Å². The summed E-state index contributed by atoms with van der Waals surface area (Å²) in [6, 6.07) is 12.1. The first-order valence-corrected chi connectivity index (χ1v) is 11.3. The Morgan fingerprint density at radius 3 is 2.56 bits per heavy atom. The van der Waals surface area contributed by atoms with Gasteiger partial charge in [-0.1, -0.05) is 35.3 Å². The average Bonchev–Trinajstić information content (AvgIpc) is 2.99. The molecular weight excluding hydrogens is 449 g/mol. The first-order chi connectivity index (χ1) is 15.3. The van der Waals surface area contributed by atoms with Crippen LogP contribution < -0.4 is 10.2 Å². The Hall–Kier alpha value is -2.83. The summed E-state index contributed by atoms with van der Waals surface area (Å²) in [6.07, 6.45) is 3.10. The molecule has 0 bridgehead atoms. The van der Waals surface area contributed by atoms with Crippen LogP contribution in [0.4, 0.5) is 11.4 Å². The fourth-order valence-corrected chi connectivity index (χ4v) is 4.49. The molecule has 1 N–H and O–H groups in total. The summed E-state index contributed by atoms with van der Waals surface area (Å²) in [7, 11) is 0. The minimum atomic E-state index is -0.626. The molecule has 8 heteroatoms. The molecule has 2 aliphatic rings. The maximum atomic E-state index is 13.1. The van der Waals surface area contributed by atoms with Crippen molar-refractivity contribution in [1.82, 2.24) is 4.90 Å². The minimum Gasteiger partial charge on any atom is -0.350 e. The lowest BCUT2D eigenvalue weighted by Crippen LogP contribution is -2.42. The van der Waals surface area contributed by atoms with Gasteiger partial charge in [-0.15, -0.1) is 0 Å². The van der Waals surface area contributed by atoms with Gasteiger partial charge in [-0.3, -0.25) is 14.4 Å². The smallest absolute Gasteiger partial charge is 0.283 e. The second-order valence-electron chi connectivity index (χ2n) is 8.07. The number of piperidine rings is 1. The Morgan fingerprint density at radius 2 is 1.81 bits per heavy atom. The third-order valence-electron chi connectivity index (χ3n) is 5.95. The number of likely N-dealkylation sites (tertiary alicyclic amines) is 1. The van der Waals surface area contributed by atoms with E-state index in [2.05, 4.69) is 12.2 Å². The number of imide groups is 1. The number of hydrogen-bond acceptors (Lipinski definition) is 4. The van der Waals surface area contributed by atoms with Crippen LogP contribution in [0.3, 0.4) is 0 Å². The van der Waals surface area contributed by atoms with Crippen LogP contribution in [0.1, 0.15) is 42.1 Å². The molecule has 1 atom stereocenters. The van der Waals surface area contributed by atoms with Crippen LogP contribution >= 0.6 is 23.2 Å². The lowest BCUT2D eigenvalue weighted by atomic mass is 10.0. The van der Waals surface area contributed by atoms with E-state index in [0.717, 1.165) is 30.7 Å². The van der Waals surface area contributed by atoms with E-state index in [9.17, 15) is 14.4 Å². The highest BCUT2D eigenvalue weighted by atomic mass is 35.5. The summed E-state index contributed by atoms with van der Waals surface area (Å²) in [5, 5.41) is 3.18. The number of rotatable bonds is 4. The summed E-state index contributed by atoms with van der Waals surface area (Å²) >= 11 is 12.4. The highest BCUT2D eigenvalue weighted by molar-refractivity contribution is 6.53. The fraction of sp³-hybridized carbons (Fsp3) is 0.292. The third kappa shape index (κ3) is 4.00. The average molecular weight is 472 g/mol. The lowest BCUT2D eigenvalue weighted by Gasteiger charge is -2.33. The summed E-state index contributed by atoms with van der Waals surface area (Å²) in [4.78, 5) is 41.7. The van der Waals surface area contributed by atoms with Gasteiger partial charge in [0, 0.05) is 28.9 Å². The summed E-state index contributed by atoms with van der Waals surface area (Å²) < 4.78 is 0. The number of amides is 3. The molecule has 32 heavy (non-hydrogen) atoms. The maximum absolute atomic E-state index is 13.1. The van der Waals surface area contributed by atoms with Gasteiger partial charge in [-0.25, -0.2) is 4.90 Å². The maximum Gasteiger partial charge on any atom is 0.283 e. The molecule has 1 saturated heterocycles. The van der Waals surface area contributed by atoms with Crippen LogP contribution in [0, 0.1) is 6.92 Å². The van der Waals surface area contributed by atoms with Crippen molar-refractivity contribution in [3.05, 3.63) is 69.3 Å². The summed E-state index contributed by atoms with van der Waals surface area (Å²) in [5.74, 6) is -1.25. The van der Waals surface area contributed by atoms with Crippen molar-refractivity contribution < 1.29 is 14.4 Å². The zero-order valence-corrected chi connectivity index (χ0v) is 19.3. The van der Waals surface area contributed by atoms with Crippen molar-refractivity contribution in [2.24, 2.45) is 0 Å². The van der Waals surface area contributed by atoms with Gasteiger partial charge in [0.2, 0.25) is 0 Å². The van der Waals surface area contributed by atoms with Gasteiger partial charge in [0.15, 0.2) is 0 Å². The second kappa shape index (κ2) is 8.96. The van der Waals surface area contributed by atoms with Gasteiger partial charge in [0.05, 0.1) is 5.69 Å². The second-order valence-corrected chi connectivity index (χ2v) is 8.85. The first kappa shape index (κ1) is 22.4. The monoisotopic (exact) mass is 471 g/mol. The van der Waals surface area contributed by atoms with Gasteiger partial charge >= 0.3 is 0 Å². The molecule has 6 nitrogen and oxygen atoms in total. The molecule has 0 radical (unpaired) electrons. The van der Waals surface area contributed by atoms with Crippen LogP contribution in [0.2, 0.25) is 5.02 Å². The standard InChI is InChI=1S/C24H23Cl2N3O3/c1-14-7-3-4-12-28(14)22(30)16-8-5-9-17(13-16)27-21-20(26)23(31)29(24(21)32)19-11-6-10-18(25)15(19)2/h5-6,8-11,13-14,27H,3-4,7,12H2,1-2H3. The van der Waals surface area contributed by atoms with Gasteiger partial charge in [0.1, 0.15) is 10.7 Å². The molecule has 3 amide bonds. The quantitative estimate of drug-likeness (QED) is 0.629. The summed E-state index contributed by atoms with van der Waals surface area (Å²) in [6.45, 7) is 4.52. The molecule has 1 fully saturated rings. The van der Waals surface area contributed by atoms with E-state index >= 15 is 0 Å². The zero-order chi connectivity index (χ0) is 23.0. The number of carbonyl (C=O) groups excluding carboxylic acids is 3. The van der Waals surface area contributed by atoms with E-state index in [-0.39, 0.29) is 22.7 Å². The number of nitrogens with one attached hydrogen (secondary N) is 1. The number of halogens is 2. The fourth-order valence-electron chi connectivity index (χ4n) is 4.11. The number of anilines is 2. The van der Waals surface area contributed by atoms with Crippen molar-refractivity contribution in [3.63, 3.8) is 0 Å². The molecule has 0 spiro atoms. The van der Waals surface area contributed by atoms with Crippen LogP contribution in [0.5, 0.6) is 0 Å². The van der Waals surface area contributed by atoms with Gasteiger partial charge in [0.25, 0.3) is 17.7 Å². The minimum absolute atomic E-state index is 0.0352. The zero-order valence-electron chi connectivity index (χ0n) is 17.8. The van der Waals surface area contributed by atoms with Crippen LogP contribution in [0.15, 0.2) is 53.2 Å². The van der Waals surface area contributed by atoms with Crippen molar-refractivity contribution in [2.75, 3.05) is 16.8 Å². The normalized spacial score (nSPS) is 19.1. The van der Waals surface area contributed by atoms with E-state index in [1.54, 1.807) is 49.4 Å². The van der Waals surface area contributed by atoms with Crippen LogP contribution in [0.25, 0.3) is 0 Å². The van der Waals surface area contributed by atoms with Crippen molar-refractivity contribution in [2.45, 2.75) is 39.2 Å². The van der Waals surface area contributed by atoms with Crippen molar-refractivity contribution in [3.8, 4) is 0 Å². The van der Waals surface area contributed by atoms with Crippen molar-refractivity contribution >= 4 is 52.3 Å². The molecule has 0 aromatic heterocycles. The predicted molar refractivity (Wildman–Crippen MR) is 126 cm³/mol. The number of nitrogens with zero attached hydrogens (tertiary/aromatic N) is 2. The molecule has 2 aromatic carbocycles. The Kier molecular flexibility index (Phi) is 6.26. The predicted octanol–water partition coefficient (Wildman–Crippen LogP) is 5.10. The number of hydrogen-bond donors (Lipinski definition) is 1. The molecule has 2 aliphatic heterocycles. The molecule has 0 aliphatic carbocycles. The highest BCUT2D eigenvalue weighted by Crippen LogP contribution is 2.34. The number of benzene rings is 2. The van der Waals surface area contributed by atoms with Gasteiger partial charge in [-0.2, -0.15) is 0 Å². The molecule has 166 valence electrons. The highest BCUT2D eigenvalue weighted by Gasteiger charge is 2.39. The topological polar surface area (TPSA) is 69.7 Å². The summed E-state index contributed by atoms with van der Waals surface area (Å²) in [5.41, 5.74) is 1.96. The Labute approximate surface area is 196 Å². The molecule has 0 saturated carbocycles. The van der Waals surface area contributed by atoms with Crippen LogP contribution in [-0.4, -0.2) is 35.2 Å². The molecule has 2 aromatic rings. The SMILES string of the molecule is Cc1c(Cl)cccc1N1C(=O)C(Cl)=C(Nc2cccc(C(=O)N3CCCCC3C)c2)C1=O. The van der Waals surface area contributed by atoms with E-state index in [0.29, 0.717) is 27.5 Å². The van der Waals surface area contributed by atoms with Crippen molar-refractivity contribution in [1.29, 1.82) is 0 Å². The molecule has 1 unspecified atom stereocenters. The molecular formula is C24H23Cl2N3O3. The number of carbonyl (C=O) groups is 3. The van der Waals surface area contributed by atoms with Gasteiger partial charge in [-0.05, 0) is 69.0 Å². The van der Waals surface area contributed by atoms with Gasteiger partial charge < -0.3 is 10.2 Å². The third-order valence-corrected chi connectivity index (χ3v) is 6.71. The van der Waals surface area contributed by atoms with E-state index < -0.39 is 11.8 Å². The van der Waals surface area contributed by atoms with Crippen LogP contribution in [-0.2, 0) is 9.59 Å². The lowest BCUT2D eigenvalue weighted by molar-refractivity contribution is -0.120. The van der Waals surface area contributed by atoms with E-state index in [4.69, 9.17) is 23.2 Å².